The van der Waals surface area contributed by atoms with Gasteiger partial charge in [-0.25, -0.2) is 0 Å². The molecular formula is C23H24N4O3. The fourth-order valence-corrected chi connectivity index (χ4v) is 3.43. The van der Waals surface area contributed by atoms with Crippen LogP contribution in [0.5, 0.6) is 0 Å². The minimum atomic E-state index is -0.372. The maximum absolute atomic E-state index is 13.0. The molecule has 0 unspecified atom stereocenters. The summed E-state index contributed by atoms with van der Waals surface area (Å²) in [7, 11) is 0. The van der Waals surface area contributed by atoms with Crippen LogP contribution in [0.25, 0.3) is 22.4 Å². The molecule has 2 heterocycles. The lowest BCUT2D eigenvalue weighted by Gasteiger charge is -2.26. The minimum Gasteiger partial charge on any atom is -0.459 e. The molecule has 30 heavy (non-hydrogen) atoms. The summed E-state index contributed by atoms with van der Waals surface area (Å²) >= 11 is 0. The summed E-state index contributed by atoms with van der Waals surface area (Å²) in [5.41, 5.74) is 0.805. The van der Waals surface area contributed by atoms with Crippen molar-refractivity contribution in [3.63, 3.8) is 0 Å². The molecule has 0 aliphatic rings. The second-order valence-corrected chi connectivity index (χ2v) is 7.14. The lowest BCUT2D eigenvalue weighted by molar-refractivity contribution is -0.121. The molecule has 4 rings (SSSR count). The van der Waals surface area contributed by atoms with Gasteiger partial charge in [-0.3, -0.25) is 9.69 Å². The lowest BCUT2D eigenvalue weighted by Crippen LogP contribution is -2.42. The number of hydrogen-bond acceptors (Lipinski definition) is 6. The van der Waals surface area contributed by atoms with Crippen LogP contribution in [-0.4, -0.2) is 33.6 Å². The lowest BCUT2D eigenvalue weighted by atomic mass is 10.1. The Morgan fingerprint density at radius 1 is 1.10 bits per heavy atom. The molecule has 0 saturated carbocycles. The van der Waals surface area contributed by atoms with E-state index in [2.05, 4.69) is 22.4 Å². The van der Waals surface area contributed by atoms with Gasteiger partial charge in [0.2, 0.25) is 11.8 Å². The molecular weight excluding hydrogens is 380 g/mol. The van der Waals surface area contributed by atoms with Gasteiger partial charge in [0.05, 0.1) is 18.8 Å². The molecule has 7 nitrogen and oxygen atoms in total. The molecule has 2 aromatic carbocycles. The number of aromatic nitrogens is 2. The fraction of sp³-hybridized carbons (Fsp3) is 0.261. The minimum absolute atomic E-state index is 0.0782. The van der Waals surface area contributed by atoms with Crippen LogP contribution in [0.15, 0.2) is 69.7 Å². The van der Waals surface area contributed by atoms with Gasteiger partial charge in [0.15, 0.2) is 5.76 Å². The highest BCUT2D eigenvalue weighted by molar-refractivity contribution is 6.03. The number of nitrogens with one attached hydrogen (secondary N) is 1. The number of carbonyl (C=O) groups excluding carboxylic acids is 1. The second kappa shape index (κ2) is 8.92. The Balaban J connectivity index is 1.48. The van der Waals surface area contributed by atoms with Gasteiger partial charge in [-0.05, 0) is 43.5 Å². The van der Waals surface area contributed by atoms with Gasteiger partial charge in [0.25, 0.3) is 5.89 Å². The molecule has 1 amide bonds. The van der Waals surface area contributed by atoms with Crippen LogP contribution < -0.4 is 5.32 Å². The van der Waals surface area contributed by atoms with Crippen LogP contribution in [0.3, 0.4) is 0 Å². The van der Waals surface area contributed by atoms with E-state index >= 15 is 0 Å². The number of amides is 1. The number of furan rings is 1. The Kier molecular flexibility index (Phi) is 5.90. The molecule has 0 aliphatic heterocycles. The highest BCUT2D eigenvalue weighted by Crippen LogP contribution is 2.24. The van der Waals surface area contributed by atoms with Gasteiger partial charge in [-0.15, -0.1) is 10.2 Å². The van der Waals surface area contributed by atoms with Crippen molar-refractivity contribution in [3.05, 3.63) is 66.8 Å². The first kappa shape index (κ1) is 19.8. The zero-order chi connectivity index (χ0) is 20.9. The predicted molar refractivity (Wildman–Crippen MR) is 115 cm³/mol. The van der Waals surface area contributed by atoms with Crippen molar-refractivity contribution >= 4 is 22.4 Å². The van der Waals surface area contributed by atoms with E-state index in [1.54, 1.807) is 18.4 Å². The summed E-state index contributed by atoms with van der Waals surface area (Å²) in [4.78, 5) is 15.0. The van der Waals surface area contributed by atoms with Crippen molar-refractivity contribution in [1.82, 2.24) is 15.1 Å². The van der Waals surface area contributed by atoms with Crippen molar-refractivity contribution in [2.75, 3.05) is 11.9 Å². The van der Waals surface area contributed by atoms with Crippen LogP contribution >= 0.6 is 0 Å². The molecule has 0 fully saturated rings. The van der Waals surface area contributed by atoms with E-state index in [9.17, 15) is 4.79 Å². The van der Waals surface area contributed by atoms with Crippen molar-refractivity contribution in [1.29, 1.82) is 0 Å². The van der Waals surface area contributed by atoms with Crippen LogP contribution in [0.1, 0.15) is 26.2 Å². The average Bonchev–Trinajstić information content (AvgIpc) is 3.45. The van der Waals surface area contributed by atoms with Crippen molar-refractivity contribution < 1.29 is 13.6 Å². The number of benzene rings is 2. The Labute approximate surface area is 174 Å². The van der Waals surface area contributed by atoms with Crippen LogP contribution in [0, 0.1) is 0 Å². The monoisotopic (exact) mass is 404 g/mol. The number of nitrogens with zero attached hydrogens (tertiary/aromatic N) is 3. The summed E-state index contributed by atoms with van der Waals surface area (Å²) in [6.07, 6.45) is 2.45. The molecule has 0 radical (unpaired) electrons. The van der Waals surface area contributed by atoms with E-state index in [4.69, 9.17) is 8.83 Å². The Hall–Kier alpha value is -3.45. The van der Waals surface area contributed by atoms with Gasteiger partial charge >= 0.3 is 0 Å². The number of carbonyl (C=O) groups is 1. The third kappa shape index (κ3) is 4.26. The van der Waals surface area contributed by atoms with E-state index < -0.39 is 0 Å². The van der Waals surface area contributed by atoms with E-state index in [1.165, 1.54) is 0 Å². The topological polar surface area (TPSA) is 84.4 Å². The molecule has 7 heteroatoms. The van der Waals surface area contributed by atoms with Crippen molar-refractivity contribution in [2.45, 2.75) is 32.9 Å². The molecule has 2 aromatic heterocycles. The third-order valence-corrected chi connectivity index (χ3v) is 5.02. The normalized spacial score (nSPS) is 12.4. The van der Waals surface area contributed by atoms with Crippen molar-refractivity contribution in [3.8, 4) is 11.7 Å². The predicted octanol–water partition coefficient (Wildman–Crippen LogP) is 4.72. The number of fused-ring (bicyclic) bond motifs is 1. The maximum atomic E-state index is 13.0. The van der Waals surface area contributed by atoms with Gasteiger partial charge in [-0.2, -0.15) is 0 Å². The molecule has 4 aromatic rings. The number of hydrogen-bond donors (Lipinski definition) is 1. The zero-order valence-corrected chi connectivity index (χ0v) is 17.0. The molecule has 0 spiro atoms. The molecule has 0 saturated heterocycles. The first-order valence-corrected chi connectivity index (χ1v) is 10.0. The molecule has 1 atom stereocenters. The zero-order valence-electron chi connectivity index (χ0n) is 17.0. The van der Waals surface area contributed by atoms with Crippen molar-refractivity contribution in [2.24, 2.45) is 0 Å². The SMILES string of the molecule is CCCN(Cc1nnc(-c2ccco2)o1)[C@@H](C)C(=O)Nc1cccc2ccccc12. The maximum Gasteiger partial charge on any atom is 0.283 e. The van der Waals surface area contributed by atoms with Crippen LogP contribution in [0.2, 0.25) is 0 Å². The summed E-state index contributed by atoms with van der Waals surface area (Å²) in [5.74, 6) is 1.22. The van der Waals surface area contributed by atoms with Crippen LogP contribution in [-0.2, 0) is 11.3 Å². The van der Waals surface area contributed by atoms with Gasteiger partial charge < -0.3 is 14.2 Å². The molecule has 154 valence electrons. The van der Waals surface area contributed by atoms with Gasteiger partial charge in [0.1, 0.15) is 0 Å². The smallest absolute Gasteiger partial charge is 0.283 e. The Morgan fingerprint density at radius 3 is 2.73 bits per heavy atom. The van der Waals surface area contributed by atoms with E-state index in [0.29, 0.717) is 24.1 Å². The summed E-state index contributed by atoms with van der Waals surface area (Å²) < 4.78 is 11.0. The fourth-order valence-electron chi connectivity index (χ4n) is 3.43. The quantitative estimate of drug-likeness (QED) is 0.457. The Bertz CT molecular complexity index is 1120. The largest absolute Gasteiger partial charge is 0.459 e. The summed E-state index contributed by atoms with van der Waals surface area (Å²) in [5, 5.41) is 13.3. The standard InChI is InChI=1S/C23H24N4O3/c1-3-13-27(15-21-25-26-23(30-21)20-12-7-14-29-20)16(2)22(28)24-19-11-6-9-17-8-4-5-10-18(17)19/h4-12,14,16H,3,13,15H2,1-2H3,(H,24,28)/t16-/m0/s1. The highest BCUT2D eigenvalue weighted by Gasteiger charge is 2.24. The first-order chi connectivity index (χ1) is 14.7. The third-order valence-electron chi connectivity index (χ3n) is 5.02. The van der Waals surface area contributed by atoms with Gasteiger partial charge in [-0.1, -0.05) is 43.3 Å². The summed E-state index contributed by atoms with van der Waals surface area (Å²) in [6.45, 7) is 5.07. The molecule has 0 bridgehead atoms. The summed E-state index contributed by atoms with van der Waals surface area (Å²) in [6, 6.07) is 17.1. The van der Waals surface area contributed by atoms with E-state index in [-0.39, 0.29) is 11.9 Å². The first-order valence-electron chi connectivity index (χ1n) is 10.0. The molecule has 0 aliphatic carbocycles. The number of anilines is 1. The average molecular weight is 404 g/mol. The highest BCUT2D eigenvalue weighted by atomic mass is 16.4. The van der Waals surface area contributed by atoms with Gasteiger partial charge in [0, 0.05) is 11.1 Å². The van der Waals surface area contributed by atoms with E-state index in [0.717, 1.165) is 29.4 Å². The van der Waals surface area contributed by atoms with E-state index in [1.807, 2.05) is 54.3 Å². The number of rotatable bonds is 8. The van der Waals surface area contributed by atoms with Crippen LogP contribution in [0.4, 0.5) is 5.69 Å². The Morgan fingerprint density at radius 2 is 1.93 bits per heavy atom. The second-order valence-electron chi connectivity index (χ2n) is 7.14. The molecule has 1 N–H and O–H groups in total.